The largest absolute Gasteiger partial charge is 0.481 e. The van der Waals surface area contributed by atoms with Crippen molar-refractivity contribution in [2.75, 3.05) is 13.1 Å². The van der Waals surface area contributed by atoms with E-state index in [0.29, 0.717) is 12.3 Å². The molecule has 1 fully saturated rings. The van der Waals surface area contributed by atoms with Gasteiger partial charge in [-0.3, -0.25) is 4.79 Å². The van der Waals surface area contributed by atoms with Crippen molar-refractivity contribution in [2.24, 2.45) is 5.92 Å². The summed E-state index contributed by atoms with van der Waals surface area (Å²) in [6.45, 7) is 6.68. The SMILES string of the molecule is CCCC(CC)N1CCC(CC(=O)O)CC1. The van der Waals surface area contributed by atoms with Gasteiger partial charge in [-0.2, -0.15) is 0 Å². The molecule has 1 aliphatic rings. The Kier molecular flexibility index (Phi) is 5.81. The number of aliphatic carboxylic acids is 1. The summed E-state index contributed by atoms with van der Waals surface area (Å²) >= 11 is 0. The minimum Gasteiger partial charge on any atom is -0.481 e. The molecule has 1 aliphatic heterocycles. The molecule has 16 heavy (non-hydrogen) atoms. The van der Waals surface area contributed by atoms with Crippen LogP contribution in [0, 0.1) is 5.92 Å². The van der Waals surface area contributed by atoms with Crippen LogP contribution >= 0.6 is 0 Å². The van der Waals surface area contributed by atoms with Crippen LogP contribution in [0.25, 0.3) is 0 Å². The number of rotatable bonds is 6. The van der Waals surface area contributed by atoms with Crippen molar-refractivity contribution in [1.82, 2.24) is 4.90 Å². The number of likely N-dealkylation sites (tertiary alicyclic amines) is 1. The first-order valence-corrected chi connectivity index (χ1v) is 6.63. The highest BCUT2D eigenvalue weighted by atomic mass is 16.4. The number of carboxylic acids is 1. The molecule has 1 unspecified atom stereocenters. The van der Waals surface area contributed by atoms with Gasteiger partial charge in [-0.25, -0.2) is 0 Å². The fourth-order valence-corrected chi connectivity index (χ4v) is 2.75. The van der Waals surface area contributed by atoms with Gasteiger partial charge in [0.15, 0.2) is 0 Å². The number of carboxylic acid groups (broad SMARTS) is 1. The van der Waals surface area contributed by atoms with E-state index in [2.05, 4.69) is 18.7 Å². The smallest absolute Gasteiger partial charge is 0.303 e. The van der Waals surface area contributed by atoms with Gasteiger partial charge in [-0.1, -0.05) is 20.3 Å². The zero-order valence-electron chi connectivity index (χ0n) is 10.6. The van der Waals surface area contributed by atoms with Gasteiger partial charge in [0.1, 0.15) is 0 Å². The van der Waals surface area contributed by atoms with E-state index >= 15 is 0 Å². The first-order chi connectivity index (χ1) is 7.67. The van der Waals surface area contributed by atoms with Crippen molar-refractivity contribution in [1.29, 1.82) is 0 Å². The van der Waals surface area contributed by atoms with Crippen LogP contribution in [-0.4, -0.2) is 35.1 Å². The average molecular weight is 227 g/mol. The van der Waals surface area contributed by atoms with Crippen molar-refractivity contribution in [3.63, 3.8) is 0 Å². The number of nitrogens with zero attached hydrogens (tertiary/aromatic N) is 1. The second kappa shape index (κ2) is 6.89. The van der Waals surface area contributed by atoms with Crippen molar-refractivity contribution in [3.05, 3.63) is 0 Å². The first-order valence-electron chi connectivity index (χ1n) is 6.63. The van der Waals surface area contributed by atoms with Crippen molar-refractivity contribution >= 4 is 5.97 Å². The summed E-state index contributed by atoms with van der Waals surface area (Å²) in [5.41, 5.74) is 0. The Morgan fingerprint density at radius 3 is 2.44 bits per heavy atom. The van der Waals surface area contributed by atoms with Crippen molar-refractivity contribution in [3.8, 4) is 0 Å². The molecule has 1 rings (SSSR count). The predicted octanol–water partition coefficient (Wildman–Crippen LogP) is 2.75. The summed E-state index contributed by atoms with van der Waals surface area (Å²) in [6.07, 6.45) is 6.22. The molecule has 1 heterocycles. The van der Waals surface area contributed by atoms with Gasteiger partial charge in [0, 0.05) is 12.5 Å². The molecule has 0 radical (unpaired) electrons. The maximum Gasteiger partial charge on any atom is 0.303 e. The fraction of sp³-hybridized carbons (Fsp3) is 0.923. The van der Waals surface area contributed by atoms with Crippen LogP contribution in [0.3, 0.4) is 0 Å². The van der Waals surface area contributed by atoms with E-state index in [9.17, 15) is 4.79 Å². The van der Waals surface area contributed by atoms with Gasteiger partial charge in [0.2, 0.25) is 0 Å². The van der Waals surface area contributed by atoms with Crippen molar-refractivity contribution in [2.45, 2.75) is 58.4 Å². The molecule has 0 bridgehead atoms. The molecule has 3 heteroatoms. The van der Waals surface area contributed by atoms with Crippen LogP contribution in [0.1, 0.15) is 52.4 Å². The van der Waals surface area contributed by atoms with Gasteiger partial charge >= 0.3 is 5.97 Å². The van der Waals surface area contributed by atoms with Gasteiger partial charge in [0.05, 0.1) is 0 Å². The maximum atomic E-state index is 10.6. The highest BCUT2D eigenvalue weighted by molar-refractivity contribution is 5.67. The summed E-state index contributed by atoms with van der Waals surface area (Å²) in [4.78, 5) is 13.2. The molecule has 0 spiro atoms. The fourth-order valence-electron chi connectivity index (χ4n) is 2.75. The van der Waals surface area contributed by atoms with E-state index < -0.39 is 5.97 Å². The normalized spacial score (nSPS) is 20.9. The molecular formula is C13H25NO2. The second-order valence-corrected chi connectivity index (χ2v) is 4.93. The molecule has 1 atom stereocenters. The Morgan fingerprint density at radius 1 is 1.38 bits per heavy atom. The molecule has 0 amide bonds. The van der Waals surface area contributed by atoms with Crippen LogP contribution in [0.5, 0.6) is 0 Å². The van der Waals surface area contributed by atoms with Crippen LogP contribution in [0.15, 0.2) is 0 Å². The van der Waals surface area contributed by atoms with E-state index in [-0.39, 0.29) is 0 Å². The van der Waals surface area contributed by atoms with Gasteiger partial charge in [-0.05, 0) is 44.7 Å². The summed E-state index contributed by atoms with van der Waals surface area (Å²) in [6, 6.07) is 0.718. The number of piperidine rings is 1. The Bertz CT molecular complexity index is 210. The third-order valence-electron chi connectivity index (χ3n) is 3.72. The van der Waals surface area contributed by atoms with Crippen molar-refractivity contribution < 1.29 is 9.90 Å². The third-order valence-corrected chi connectivity index (χ3v) is 3.72. The zero-order valence-corrected chi connectivity index (χ0v) is 10.6. The molecule has 1 saturated heterocycles. The lowest BCUT2D eigenvalue weighted by Gasteiger charge is -2.37. The molecular weight excluding hydrogens is 202 g/mol. The molecule has 1 N–H and O–H groups in total. The minimum absolute atomic E-state index is 0.360. The molecule has 0 aromatic heterocycles. The van der Waals surface area contributed by atoms with Gasteiger partial charge < -0.3 is 10.0 Å². The molecule has 94 valence electrons. The topological polar surface area (TPSA) is 40.5 Å². The van der Waals surface area contributed by atoms with Crippen LogP contribution in [0.4, 0.5) is 0 Å². The Labute approximate surface area is 98.8 Å². The van der Waals surface area contributed by atoms with E-state index in [1.54, 1.807) is 0 Å². The molecule has 0 aromatic carbocycles. The zero-order chi connectivity index (χ0) is 12.0. The molecule has 0 saturated carbocycles. The molecule has 0 aromatic rings. The first kappa shape index (κ1) is 13.5. The minimum atomic E-state index is -0.640. The highest BCUT2D eigenvalue weighted by Gasteiger charge is 2.24. The second-order valence-electron chi connectivity index (χ2n) is 4.93. The monoisotopic (exact) mass is 227 g/mol. The lowest BCUT2D eigenvalue weighted by Crippen LogP contribution is -2.41. The number of hydrogen-bond donors (Lipinski definition) is 1. The number of hydrogen-bond acceptors (Lipinski definition) is 2. The summed E-state index contributed by atoms with van der Waals surface area (Å²) in [5, 5.41) is 8.76. The van der Waals surface area contributed by atoms with E-state index in [0.717, 1.165) is 32.0 Å². The van der Waals surface area contributed by atoms with E-state index in [4.69, 9.17) is 5.11 Å². The Hall–Kier alpha value is -0.570. The average Bonchev–Trinajstić information content (AvgIpc) is 2.26. The Morgan fingerprint density at radius 2 is 2.00 bits per heavy atom. The van der Waals surface area contributed by atoms with E-state index in [1.165, 1.54) is 19.3 Å². The lowest BCUT2D eigenvalue weighted by atomic mass is 9.92. The van der Waals surface area contributed by atoms with Crippen LogP contribution in [-0.2, 0) is 4.79 Å². The molecule has 0 aliphatic carbocycles. The van der Waals surface area contributed by atoms with E-state index in [1.807, 2.05) is 0 Å². The Balaban J connectivity index is 2.32. The quantitative estimate of drug-likeness (QED) is 0.758. The summed E-state index contributed by atoms with van der Waals surface area (Å²) < 4.78 is 0. The standard InChI is InChI=1S/C13H25NO2/c1-3-5-12(4-2)14-8-6-11(7-9-14)10-13(15)16/h11-12H,3-10H2,1-2H3,(H,15,16). The lowest BCUT2D eigenvalue weighted by molar-refractivity contribution is -0.138. The van der Waals surface area contributed by atoms with Gasteiger partial charge in [0.25, 0.3) is 0 Å². The van der Waals surface area contributed by atoms with Crippen LogP contribution < -0.4 is 0 Å². The third kappa shape index (κ3) is 4.12. The van der Waals surface area contributed by atoms with Gasteiger partial charge in [-0.15, -0.1) is 0 Å². The highest BCUT2D eigenvalue weighted by Crippen LogP contribution is 2.24. The summed E-state index contributed by atoms with van der Waals surface area (Å²) in [7, 11) is 0. The molecule has 3 nitrogen and oxygen atoms in total. The number of carbonyl (C=O) groups is 1. The van der Waals surface area contributed by atoms with Crippen LogP contribution in [0.2, 0.25) is 0 Å². The predicted molar refractivity (Wildman–Crippen MR) is 65.5 cm³/mol. The maximum absolute atomic E-state index is 10.6. The summed E-state index contributed by atoms with van der Waals surface area (Å²) in [5.74, 6) is -0.230.